The number of aromatic nitrogens is 2. The monoisotopic (exact) mass is 376 g/mol. The van der Waals surface area contributed by atoms with Crippen molar-refractivity contribution in [2.75, 3.05) is 13.1 Å². The van der Waals surface area contributed by atoms with Crippen LogP contribution in [0.1, 0.15) is 55.2 Å². The lowest BCUT2D eigenvalue weighted by Gasteiger charge is -2.22. The predicted octanol–water partition coefficient (Wildman–Crippen LogP) is 3.32. The van der Waals surface area contributed by atoms with Crippen molar-refractivity contribution >= 4 is 17.5 Å². The summed E-state index contributed by atoms with van der Waals surface area (Å²) in [5.74, 6) is 1.45. The molecule has 6 nitrogen and oxygen atoms in total. The highest BCUT2D eigenvalue weighted by molar-refractivity contribution is 6.30. The predicted molar refractivity (Wildman–Crippen MR) is 100 cm³/mol. The van der Waals surface area contributed by atoms with Crippen LogP contribution in [0.5, 0.6) is 0 Å². The topological polar surface area (TPSA) is 80.0 Å². The van der Waals surface area contributed by atoms with Crippen LogP contribution in [0.2, 0.25) is 5.02 Å². The molecular weight excluding hydrogens is 352 g/mol. The summed E-state index contributed by atoms with van der Waals surface area (Å²) in [6.07, 6.45) is 4.24. The summed E-state index contributed by atoms with van der Waals surface area (Å²) in [5, 5.41) is 11.0. The fraction of sp³-hybridized carbons (Fsp3) is 0.526. The molecule has 1 unspecified atom stereocenters. The van der Waals surface area contributed by atoms with Gasteiger partial charge >= 0.3 is 0 Å². The molecule has 0 bridgehead atoms. The van der Waals surface area contributed by atoms with Gasteiger partial charge in [0.15, 0.2) is 5.82 Å². The van der Waals surface area contributed by atoms with Crippen molar-refractivity contribution in [3.63, 3.8) is 0 Å². The molecule has 0 saturated carbocycles. The normalized spacial score (nSPS) is 18.3. The van der Waals surface area contributed by atoms with Crippen LogP contribution in [-0.4, -0.2) is 29.1 Å². The third-order valence-corrected chi connectivity index (χ3v) is 4.93. The Morgan fingerprint density at radius 3 is 3.04 bits per heavy atom. The van der Waals surface area contributed by atoms with E-state index in [-0.39, 0.29) is 5.91 Å². The molecule has 0 radical (unpaired) electrons. The second-order valence-electron chi connectivity index (χ2n) is 7.35. The molecular formula is C19H25ClN4O2. The summed E-state index contributed by atoms with van der Waals surface area (Å²) in [7, 11) is 0. The minimum absolute atomic E-state index is 0.223. The molecule has 1 aliphatic heterocycles. The van der Waals surface area contributed by atoms with Gasteiger partial charge in [-0.25, -0.2) is 0 Å². The number of benzene rings is 1. The third kappa shape index (κ3) is 4.83. The number of rotatable bonds is 5. The molecule has 1 saturated heterocycles. The second-order valence-corrected chi connectivity index (χ2v) is 7.79. The fourth-order valence-corrected chi connectivity index (χ4v) is 3.37. The highest BCUT2D eigenvalue weighted by Gasteiger charge is 2.29. The van der Waals surface area contributed by atoms with Gasteiger partial charge in [-0.2, -0.15) is 4.98 Å². The Labute approximate surface area is 158 Å². The Hall–Kier alpha value is -1.92. The molecule has 3 rings (SSSR count). The standard InChI is InChI=1S/C19H25ClN4O2/c1-19(2,23-17(25)14-6-3-7-15(20)12-14)18-22-16(26-24-18)11-13-5-4-9-21-10-8-13/h3,6-7,12-13,21H,4-5,8-11H2,1-2H3,(H,23,25). The van der Waals surface area contributed by atoms with Crippen molar-refractivity contribution in [2.24, 2.45) is 5.92 Å². The lowest BCUT2D eigenvalue weighted by Crippen LogP contribution is -2.41. The van der Waals surface area contributed by atoms with E-state index < -0.39 is 5.54 Å². The summed E-state index contributed by atoms with van der Waals surface area (Å²) in [6.45, 7) is 5.83. The zero-order valence-corrected chi connectivity index (χ0v) is 16.0. The Kier molecular flexibility index (Phi) is 5.94. The lowest BCUT2D eigenvalue weighted by molar-refractivity contribution is 0.0907. The van der Waals surface area contributed by atoms with Crippen LogP contribution >= 0.6 is 11.6 Å². The lowest BCUT2D eigenvalue weighted by atomic mass is 9.97. The van der Waals surface area contributed by atoms with Gasteiger partial charge in [0.1, 0.15) is 0 Å². The summed E-state index contributed by atoms with van der Waals surface area (Å²) < 4.78 is 5.45. The van der Waals surface area contributed by atoms with E-state index in [4.69, 9.17) is 16.1 Å². The van der Waals surface area contributed by atoms with Crippen molar-refractivity contribution in [1.82, 2.24) is 20.8 Å². The Balaban J connectivity index is 1.65. The summed E-state index contributed by atoms with van der Waals surface area (Å²) >= 11 is 5.96. The highest BCUT2D eigenvalue weighted by Crippen LogP contribution is 2.22. The largest absolute Gasteiger partial charge is 0.340 e. The van der Waals surface area contributed by atoms with E-state index in [9.17, 15) is 4.79 Å². The smallest absolute Gasteiger partial charge is 0.252 e. The number of carbonyl (C=O) groups is 1. The minimum Gasteiger partial charge on any atom is -0.340 e. The van der Waals surface area contributed by atoms with E-state index in [2.05, 4.69) is 20.8 Å². The first-order valence-electron chi connectivity index (χ1n) is 9.06. The molecule has 7 heteroatoms. The van der Waals surface area contributed by atoms with Crippen LogP contribution in [0.25, 0.3) is 0 Å². The van der Waals surface area contributed by atoms with Gasteiger partial charge in [-0.15, -0.1) is 0 Å². The molecule has 140 valence electrons. The number of hydrogen-bond donors (Lipinski definition) is 2. The van der Waals surface area contributed by atoms with Crippen molar-refractivity contribution in [3.8, 4) is 0 Å². The van der Waals surface area contributed by atoms with Crippen molar-refractivity contribution in [1.29, 1.82) is 0 Å². The van der Waals surface area contributed by atoms with Gasteiger partial charge in [-0.3, -0.25) is 4.79 Å². The molecule has 26 heavy (non-hydrogen) atoms. The van der Waals surface area contributed by atoms with Crippen molar-refractivity contribution in [3.05, 3.63) is 46.6 Å². The first kappa shape index (κ1) is 18.9. The van der Waals surface area contributed by atoms with Crippen LogP contribution in [0.15, 0.2) is 28.8 Å². The summed E-state index contributed by atoms with van der Waals surface area (Å²) in [6, 6.07) is 6.84. The van der Waals surface area contributed by atoms with E-state index in [0.717, 1.165) is 25.9 Å². The minimum atomic E-state index is -0.744. The molecule has 2 N–H and O–H groups in total. The van der Waals surface area contributed by atoms with Crippen LogP contribution in [-0.2, 0) is 12.0 Å². The Bertz CT molecular complexity index is 752. The third-order valence-electron chi connectivity index (χ3n) is 4.70. The maximum absolute atomic E-state index is 12.5. The van der Waals surface area contributed by atoms with E-state index in [0.29, 0.717) is 28.2 Å². The Morgan fingerprint density at radius 1 is 1.38 bits per heavy atom. The van der Waals surface area contributed by atoms with E-state index >= 15 is 0 Å². The van der Waals surface area contributed by atoms with Crippen LogP contribution in [0, 0.1) is 5.92 Å². The molecule has 1 amide bonds. The molecule has 1 atom stereocenters. The highest BCUT2D eigenvalue weighted by atomic mass is 35.5. The van der Waals surface area contributed by atoms with E-state index in [1.165, 1.54) is 12.8 Å². The molecule has 0 aliphatic carbocycles. The second kappa shape index (κ2) is 8.18. The van der Waals surface area contributed by atoms with E-state index in [1.807, 2.05) is 13.8 Å². The zero-order chi connectivity index (χ0) is 18.6. The number of nitrogens with one attached hydrogen (secondary N) is 2. The van der Waals surface area contributed by atoms with Gasteiger partial charge in [-0.05, 0) is 70.3 Å². The molecule has 1 aliphatic rings. The quantitative estimate of drug-likeness (QED) is 0.836. The van der Waals surface area contributed by atoms with Crippen LogP contribution in [0.3, 0.4) is 0 Å². The number of carbonyl (C=O) groups excluding carboxylic acids is 1. The zero-order valence-electron chi connectivity index (χ0n) is 15.2. The number of amides is 1. The van der Waals surface area contributed by atoms with Gasteiger partial charge in [0.2, 0.25) is 5.89 Å². The SMILES string of the molecule is CC(C)(NC(=O)c1cccc(Cl)c1)c1noc(CC2CCCNCC2)n1. The molecule has 1 fully saturated rings. The fourth-order valence-electron chi connectivity index (χ4n) is 3.18. The first-order chi connectivity index (χ1) is 12.4. The van der Waals surface area contributed by atoms with Gasteiger partial charge in [-0.1, -0.05) is 22.8 Å². The average Bonchev–Trinajstić information content (AvgIpc) is 2.92. The van der Waals surface area contributed by atoms with E-state index in [1.54, 1.807) is 24.3 Å². The molecule has 2 aromatic rings. The van der Waals surface area contributed by atoms with Crippen molar-refractivity contribution < 1.29 is 9.32 Å². The maximum atomic E-state index is 12.5. The van der Waals surface area contributed by atoms with Crippen LogP contribution < -0.4 is 10.6 Å². The molecule has 2 heterocycles. The average molecular weight is 377 g/mol. The first-order valence-corrected chi connectivity index (χ1v) is 9.44. The summed E-state index contributed by atoms with van der Waals surface area (Å²) in [5.41, 5.74) is -0.244. The van der Waals surface area contributed by atoms with Gasteiger partial charge in [0, 0.05) is 17.0 Å². The molecule has 0 spiro atoms. The number of hydrogen-bond acceptors (Lipinski definition) is 5. The summed E-state index contributed by atoms with van der Waals surface area (Å²) in [4.78, 5) is 17.0. The number of nitrogens with zero attached hydrogens (tertiary/aromatic N) is 2. The van der Waals surface area contributed by atoms with Gasteiger partial charge in [0.05, 0.1) is 5.54 Å². The molecule has 1 aromatic carbocycles. The van der Waals surface area contributed by atoms with Crippen molar-refractivity contribution in [2.45, 2.75) is 45.1 Å². The van der Waals surface area contributed by atoms with Gasteiger partial charge in [0.25, 0.3) is 5.91 Å². The number of halogens is 1. The Morgan fingerprint density at radius 2 is 2.23 bits per heavy atom. The maximum Gasteiger partial charge on any atom is 0.252 e. The molecule has 1 aromatic heterocycles. The van der Waals surface area contributed by atoms with Crippen LogP contribution in [0.4, 0.5) is 0 Å². The van der Waals surface area contributed by atoms with Gasteiger partial charge < -0.3 is 15.2 Å².